The third kappa shape index (κ3) is 3.08. The molecule has 24 heavy (non-hydrogen) atoms. The van der Waals surface area contributed by atoms with Gasteiger partial charge >= 0.3 is 0 Å². The average Bonchev–Trinajstić information content (AvgIpc) is 3.05. The molecule has 0 bridgehead atoms. The molecule has 122 valence electrons. The fourth-order valence-electron chi connectivity index (χ4n) is 3.14. The number of piperidine rings is 1. The van der Waals surface area contributed by atoms with Gasteiger partial charge < -0.3 is 4.90 Å². The fraction of sp³-hybridized carbons (Fsp3) is 0.278. The molecule has 6 heteroatoms. The highest BCUT2D eigenvalue weighted by atomic mass is 79.9. The van der Waals surface area contributed by atoms with Gasteiger partial charge in [0.2, 0.25) is 0 Å². The van der Waals surface area contributed by atoms with Gasteiger partial charge in [0, 0.05) is 35.9 Å². The standard InChI is InChI=1S/C18H16BrN3OS/c19-14-8-13(9-20-10-14)18(23)22-7-3-4-12(11-22)17-21-15-5-1-2-6-16(15)24-17/h1-2,5-6,8-10,12H,3-4,7,11H2/t12-/m0/s1. The summed E-state index contributed by atoms with van der Waals surface area (Å²) in [6.07, 6.45) is 5.42. The number of hydrogen-bond donors (Lipinski definition) is 0. The molecule has 1 atom stereocenters. The summed E-state index contributed by atoms with van der Waals surface area (Å²) in [5.41, 5.74) is 1.69. The van der Waals surface area contributed by atoms with Crippen LogP contribution in [0, 0.1) is 0 Å². The van der Waals surface area contributed by atoms with E-state index in [4.69, 9.17) is 4.98 Å². The number of hydrogen-bond acceptors (Lipinski definition) is 4. The lowest BCUT2D eigenvalue weighted by Crippen LogP contribution is -2.39. The first kappa shape index (κ1) is 15.7. The van der Waals surface area contributed by atoms with Crippen LogP contribution in [0.1, 0.15) is 34.1 Å². The van der Waals surface area contributed by atoms with Gasteiger partial charge in [-0.1, -0.05) is 12.1 Å². The van der Waals surface area contributed by atoms with Crippen LogP contribution < -0.4 is 0 Å². The van der Waals surface area contributed by atoms with Crippen LogP contribution in [0.3, 0.4) is 0 Å². The van der Waals surface area contributed by atoms with Gasteiger partial charge in [-0.25, -0.2) is 4.98 Å². The highest BCUT2D eigenvalue weighted by molar-refractivity contribution is 9.10. The molecule has 0 spiro atoms. The van der Waals surface area contributed by atoms with Crippen molar-refractivity contribution in [3.63, 3.8) is 0 Å². The lowest BCUT2D eigenvalue weighted by molar-refractivity contribution is 0.0706. The Hall–Kier alpha value is -1.79. The van der Waals surface area contributed by atoms with Crippen molar-refractivity contribution >= 4 is 43.4 Å². The SMILES string of the molecule is O=C(c1cncc(Br)c1)N1CCC[C@H](c2nc3ccccc3s2)C1. The first-order valence-corrected chi connectivity index (χ1v) is 9.57. The summed E-state index contributed by atoms with van der Waals surface area (Å²) in [6.45, 7) is 1.53. The summed E-state index contributed by atoms with van der Waals surface area (Å²) in [7, 11) is 0. The number of para-hydroxylation sites is 1. The van der Waals surface area contributed by atoms with Crippen molar-refractivity contribution < 1.29 is 4.79 Å². The summed E-state index contributed by atoms with van der Waals surface area (Å²) in [5.74, 6) is 0.370. The Balaban J connectivity index is 1.56. The molecule has 4 rings (SSSR count). The monoisotopic (exact) mass is 401 g/mol. The lowest BCUT2D eigenvalue weighted by Gasteiger charge is -2.31. The molecule has 3 aromatic rings. The second-order valence-electron chi connectivity index (χ2n) is 6.00. The van der Waals surface area contributed by atoms with Gasteiger partial charge in [0.1, 0.15) is 0 Å². The topological polar surface area (TPSA) is 46.1 Å². The van der Waals surface area contributed by atoms with Crippen LogP contribution in [0.5, 0.6) is 0 Å². The van der Waals surface area contributed by atoms with E-state index in [1.165, 1.54) is 4.70 Å². The largest absolute Gasteiger partial charge is 0.338 e. The van der Waals surface area contributed by atoms with E-state index in [0.717, 1.165) is 40.9 Å². The highest BCUT2D eigenvalue weighted by Gasteiger charge is 2.27. The number of amides is 1. The third-order valence-electron chi connectivity index (χ3n) is 4.32. The highest BCUT2D eigenvalue weighted by Crippen LogP contribution is 2.33. The molecule has 1 saturated heterocycles. The van der Waals surface area contributed by atoms with E-state index in [0.29, 0.717) is 11.5 Å². The molecule has 0 saturated carbocycles. The van der Waals surface area contributed by atoms with Crippen LogP contribution in [-0.2, 0) is 0 Å². The van der Waals surface area contributed by atoms with E-state index in [2.05, 4.69) is 27.0 Å². The predicted octanol–water partition coefficient (Wildman–Crippen LogP) is 4.47. The molecular formula is C18H16BrN3OS. The Kier molecular flexibility index (Phi) is 4.33. The zero-order chi connectivity index (χ0) is 16.5. The van der Waals surface area contributed by atoms with Gasteiger partial charge in [0.15, 0.2) is 0 Å². The molecule has 0 unspecified atom stereocenters. The van der Waals surface area contributed by atoms with Crippen LogP contribution in [0.15, 0.2) is 47.2 Å². The van der Waals surface area contributed by atoms with Crippen LogP contribution in [0.2, 0.25) is 0 Å². The third-order valence-corrected chi connectivity index (χ3v) is 5.95. The lowest BCUT2D eigenvalue weighted by atomic mass is 9.98. The molecular weight excluding hydrogens is 386 g/mol. The Labute approximate surface area is 152 Å². The Morgan fingerprint density at radius 2 is 2.17 bits per heavy atom. The molecule has 0 N–H and O–H groups in total. The van der Waals surface area contributed by atoms with Crippen molar-refractivity contribution in [2.24, 2.45) is 0 Å². The second kappa shape index (κ2) is 6.61. The maximum atomic E-state index is 12.7. The zero-order valence-electron chi connectivity index (χ0n) is 13.0. The van der Waals surface area contributed by atoms with Crippen molar-refractivity contribution in [2.75, 3.05) is 13.1 Å². The Morgan fingerprint density at radius 3 is 3.00 bits per heavy atom. The normalized spacial score (nSPS) is 18.0. The summed E-state index contributed by atoms with van der Waals surface area (Å²) in [6, 6.07) is 10.0. The number of carbonyl (C=O) groups excluding carboxylic acids is 1. The summed E-state index contributed by atoms with van der Waals surface area (Å²) >= 11 is 5.13. The van der Waals surface area contributed by atoms with Gasteiger partial charge in [-0.3, -0.25) is 9.78 Å². The first-order chi connectivity index (χ1) is 11.7. The van der Waals surface area contributed by atoms with Crippen molar-refractivity contribution in [2.45, 2.75) is 18.8 Å². The predicted molar refractivity (Wildman–Crippen MR) is 99.4 cm³/mol. The number of pyridine rings is 1. The van der Waals surface area contributed by atoms with E-state index in [1.54, 1.807) is 23.7 Å². The van der Waals surface area contributed by atoms with Crippen LogP contribution >= 0.6 is 27.3 Å². The van der Waals surface area contributed by atoms with Gasteiger partial charge in [-0.2, -0.15) is 0 Å². The number of thiazole rings is 1. The fourth-order valence-corrected chi connectivity index (χ4v) is 4.60. The second-order valence-corrected chi connectivity index (χ2v) is 7.98. The van der Waals surface area contributed by atoms with E-state index in [9.17, 15) is 4.79 Å². The van der Waals surface area contributed by atoms with E-state index >= 15 is 0 Å². The van der Waals surface area contributed by atoms with E-state index < -0.39 is 0 Å². The number of likely N-dealkylation sites (tertiary alicyclic amines) is 1. The molecule has 1 amide bonds. The summed E-state index contributed by atoms with van der Waals surface area (Å²) in [5, 5.41) is 1.14. The molecule has 1 aliphatic rings. The van der Waals surface area contributed by atoms with Gasteiger partial charge in [0.25, 0.3) is 5.91 Å². The van der Waals surface area contributed by atoms with Crippen molar-refractivity contribution in [1.82, 2.24) is 14.9 Å². The minimum Gasteiger partial charge on any atom is -0.338 e. The van der Waals surface area contributed by atoms with Crippen LogP contribution in [0.25, 0.3) is 10.2 Å². The summed E-state index contributed by atoms with van der Waals surface area (Å²) < 4.78 is 2.04. The number of rotatable bonds is 2. The van der Waals surface area contributed by atoms with Crippen LogP contribution in [0.4, 0.5) is 0 Å². The molecule has 0 aliphatic carbocycles. The number of aromatic nitrogens is 2. The quantitative estimate of drug-likeness (QED) is 0.635. The summed E-state index contributed by atoms with van der Waals surface area (Å²) in [4.78, 5) is 23.6. The maximum absolute atomic E-state index is 12.7. The number of carbonyl (C=O) groups is 1. The Bertz CT molecular complexity index is 862. The number of benzene rings is 1. The maximum Gasteiger partial charge on any atom is 0.255 e. The number of nitrogens with zero attached hydrogens (tertiary/aromatic N) is 3. The van der Waals surface area contributed by atoms with Crippen molar-refractivity contribution in [3.8, 4) is 0 Å². The van der Waals surface area contributed by atoms with Gasteiger partial charge in [-0.15, -0.1) is 11.3 Å². The minimum atomic E-state index is 0.0506. The van der Waals surface area contributed by atoms with E-state index in [1.807, 2.05) is 29.2 Å². The Morgan fingerprint density at radius 1 is 1.29 bits per heavy atom. The molecule has 2 aromatic heterocycles. The molecule has 1 fully saturated rings. The van der Waals surface area contributed by atoms with Crippen molar-refractivity contribution in [1.29, 1.82) is 0 Å². The van der Waals surface area contributed by atoms with Crippen molar-refractivity contribution in [3.05, 3.63) is 57.8 Å². The van der Waals surface area contributed by atoms with Gasteiger partial charge in [-0.05, 0) is 47.0 Å². The van der Waals surface area contributed by atoms with E-state index in [-0.39, 0.29) is 5.91 Å². The molecule has 3 heterocycles. The van der Waals surface area contributed by atoms with Gasteiger partial charge in [0.05, 0.1) is 20.8 Å². The smallest absolute Gasteiger partial charge is 0.255 e. The first-order valence-electron chi connectivity index (χ1n) is 7.96. The molecule has 1 aromatic carbocycles. The number of halogens is 1. The number of fused-ring (bicyclic) bond motifs is 1. The minimum absolute atomic E-state index is 0.0506. The average molecular weight is 402 g/mol. The molecule has 1 aliphatic heterocycles. The zero-order valence-corrected chi connectivity index (χ0v) is 15.4. The molecule has 0 radical (unpaired) electrons. The van der Waals surface area contributed by atoms with Crippen LogP contribution in [-0.4, -0.2) is 33.9 Å². The molecule has 4 nitrogen and oxygen atoms in total.